The number of aromatic nitrogens is 2. The van der Waals surface area contributed by atoms with Crippen molar-refractivity contribution in [2.24, 2.45) is 0 Å². The van der Waals surface area contributed by atoms with Gasteiger partial charge in [0, 0.05) is 12.1 Å². The van der Waals surface area contributed by atoms with Crippen molar-refractivity contribution in [3.63, 3.8) is 0 Å². The van der Waals surface area contributed by atoms with Gasteiger partial charge in [-0.15, -0.1) is 0 Å². The minimum Gasteiger partial charge on any atom is -0.394 e. The number of hydrogen-bond donors (Lipinski definition) is 1. The van der Waals surface area contributed by atoms with Gasteiger partial charge >= 0.3 is 0 Å². The van der Waals surface area contributed by atoms with Crippen molar-refractivity contribution in [2.45, 2.75) is 51.5 Å². The van der Waals surface area contributed by atoms with Gasteiger partial charge in [-0.2, -0.15) is 0 Å². The van der Waals surface area contributed by atoms with Crippen LogP contribution in [0.1, 0.15) is 44.6 Å². The molecule has 0 radical (unpaired) electrons. The average Bonchev–Trinajstić information content (AvgIpc) is 2.66. The van der Waals surface area contributed by atoms with E-state index in [4.69, 9.17) is 11.6 Å². The summed E-state index contributed by atoms with van der Waals surface area (Å²) in [5.41, 5.74) is 1.02. The predicted octanol–water partition coefficient (Wildman–Crippen LogP) is 2.82. The minimum absolute atomic E-state index is 0.157. The topological polar surface area (TPSA) is 49.2 Å². The molecule has 19 heavy (non-hydrogen) atoms. The molecule has 2 rings (SSSR count). The molecule has 1 N–H and O–H groups in total. The molecule has 0 amide bonds. The summed E-state index contributed by atoms with van der Waals surface area (Å²) in [6.45, 7) is 3.24. The third-order valence-electron chi connectivity index (χ3n) is 3.73. The number of aliphatic hydroxyl groups is 1. The van der Waals surface area contributed by atoms with E-state index in [0.717, 1.165) is 43.6 Å². The van der Waals surface area contributed by atoms with Crippen LogP contribution in [0.3, 0.4) is 0 Å². The third-order valence-corrected chi connectivity index (χ3v) is 4.06. The molecule has 1 aliphatic rings. The molecular weight excluding hydrogens is 262 g/mol. The van der Waals surface area contributed by atoms with E-state index < -0.39 is 0 Å². The van der Waals surface area contributed by atoms with E-state index in [1.54, 1.807) is 0 Å². The SMILES string of the molecule is CCCc1c(Cl)ncnc1N1CCCCCC1CO. The van der Waals surface area contributed by atoms with E-state index in [1.165, 1.54) is 19.2 Å². The van der Waals surface area contributed by atoms with E-state index >= 15 is 0 Å². The van der Waals surface area contributed by atoms with Crippen molar-refractivity contribution in [3.8, 4) is 0 Å². The molecule has 4 nitrogen and oxygen atoms in total. The zero-order chi connectivity index (χ0) is 13.7. The standard InChI is InChI=1S/C14H22ClN3O/c1-2-6-12-13(15)16-10-17-14(12)18-8-5-3-4-7-11(18)9-19/h10-11,19H,2-9H2,1H3. The van der Waals surface area contributed by atoms with Gasteiger partial charge in [0.25, 0.3) is 0 Å². The van der Waals surface area contributed by atoms with Gasteiger partial charge < -0.3 is 10.0 Å². The van der Waals surface area contributed by atoms with E-state index in [-0.39, 0.29) is 12.6 Å². The first kappa shape index (κ1) is 14.5. The normalized spacial score (nSPS) is 20.4. The lowest BCUT2D eigenvalue weighted by molar-refractivity contribution is 0.254. The fourth-order valence-electron chi connectivity index (χ4n) is 2.74. The van der Waals surface area contributed by atoms with Crippen LogP contribution in [-0.4, -0.2) is 34.3 Å². The summed E-state index contributed by atoms with van der Waals surface area (Å²) >= 11 is 6.22. The Morgan fingerprint density at radius 2 is 2.21 bits per heavy atom. The highest BCUT2D eigenvalue weighted by molar-refractivity contribution is 6.30. The fourth-order valence-corrected chi connectivity index (χ4v) is 2.96. The highest BCUT2D eigenvalue weighted by Gasteiger charge is 2.24. The van der Waals surface area contributed by atoms with Crippen LogP contribution < -0.4 is 4.90 Å². The monoisotopic (exact) mass is 283 g/mol. The summed E-state index contributed by atoms with van der Waals surface area (Å²) < 4.78 is 0. The molecular formula is C14H22ClN3O. The fraction of sp³-hybridized carbons (Fsp3) is 0.714. The first-order valence-corrected chi connectivity index (χ1v) is 7.52. The maximum atomic E-state index is 9.62. The molecule has 0 aliphatic carbocycles. The highest BCUT2D eigenvalue weighted by atomic mass is 35.5. The van der Waals surface area contributed by atoms with Crippen molar-refractivity contribution >= 4 is 17.4 Å². The smallest absolute Gasteiger partial charge is 0.137 e. The average molecular weight is 284 g/mol. The van der Waals surface area contributed by atoms with Crippen LogP contribution in [0.4, 0.5) is 5.82 Å². The number of anilines is 1. The second-order valence-corrected chi connectivity index (χ2v) is 5.45. The van der Waals surface area contributed by atoms with Crippen molar-refractivity contribution in [1.29, 1.82) is 0 Å². The maximum Gasteiger partial charge on any atom is 0.137 e. The summed E-state index contributed by atoms with van der Waals surface area (Å²) in [6.07, 6.45) is 7.96. The molecule has 0 spiro atoms. The van der Waals surface area contributed by atoms with Crippen molar-refractivity contribution in [2.75, 3.05) is 18.1 Å². The Labute approximate surface area is 119 Å². The van der Waals surface area contributed by atoms with Crippen LogP contribution in [-0.2, 0) is 6.42 Å². The molecule has 0 bridgehead atoms. The Balaban J connectivity index is 2.34. The van der Waals surface area contributed by atoms with Crippen molar-refractivity contribution in [3.05, 3.63) is 17.0 Å². The lowest BCUT2D eigenvalue weighted by atomic mass is 10.1. The third kappa shape index (κ3) is 3.37. The van der Waals surface area contributed by atoms with E-state index in [0.29, 0.717) is 5.15 Å². The molecule has 1 atom stereocenters. The zero-order valence-electron chi connectivity index (χ0n) is 11.5. The lowest BCUT2D eigenvalue weighted by Crippen LogP contribution is -2.38. The molecule has 106 valence electrons. The first-order chi connectivity index (χ1) is 9.27. The molecule has 1 aromatic rings. The molecule has 0 saturated carbocycles. The van der Waals surface area contributed by atoms with Gasteiger partial charge in [-0.05, 0) is 19.3 Å². The Morgan fingerprint density at radius 3 is 2.95 bits per heavy atom. The lowest BCUT2D eigenvalue weighted by Gasteiger charge is -2.31. The van der Waals surface area contributed by atoms with Gasteiger partial charge in [0.05, 0.1) is 12.6 Å². The Morgan fingerprint density at radius 1 is 1.37 bits per heavy atom. The van der Waals surface area contributed by atoms with Crippen LogP contribution in [0.5, 0.6) is 0 Å². The number of halogens is 1. The van der Waals surface area contributed by atoms with Crippen molar-refractivity contribution < 1.29 is 5.11 Å². The van der Waals surface area contributed by atoms with Crippen LogP contribution in [0.2, 0.25) is 5.15 Å². The molecule has 1 saturated heterocycles. The summed E-state index contributed by atoms with van der Waals surface area (Å²) in [5, 5.41) is 10.2. The van der Waals surface area contributed by atoms with Gasteiger partial charge in [0.1, 0.15) is 17.3 Å². The number of rotatable bonds is 4. The van der Waals surface area contributed by atoms with Crippen molar-refractivity contribution in [1.82, 2.24) is 9.97 Å². The Bertz CT molecular complexity index is 414. The largest absolute Gasteiger partial charge is 0.394 e. The maximum absolute atomic E-state index is 9.62. The van der Waals surface area contributed by atoms with Gasteiger partial charge in [-0.3, -0.25) is 0 Å². The Hall–Kier alpha value is -0.870. The molecule has 2 heterocycles. The van der Waals surface area contributed by atoms with Gasteiger partial charge in [-0.1, -0.05) is 37.8 Å². The summed E-state index contributed by atoms with van der Waals surface area (Å²) in [5.74, 6) is 0.919. The highest BCUT2D eigenvalue weighted by Crippen LogP contribution is 2.29. The van der Waals surface area contributed by atoms with Gasteiger partial charge in [0.15, 0.2) is 0 Å². The first-order valence-electron chi connectivity index (χ1n) is 7.14. The molecule has 1 unspecified atom stereocenters. The van der Waals surface area contributed by atoms with E-state index in [2.05, 4.69) is 21.8 Å². The predicted molar refractivity (Wildman–Crippen MR) is 77.7 cm³/mol. The minimum atomic E-state index is 0.157. The zero-order valence-corrected chi connectivity index (χ0v) is 12.2. The molecule has 1 aliphatic heterocycles. The molecule has 1 aromatic heterocycles. The van der Waals surface area contributed by atoms with E-state index in [9.17, 15) is 5.11 Å². The van der Waals surface area contributed by atoms with Crippen LogP contribution in [0, 0.1) is 0 Å². The molecule has 1 fully saturated rings. The van der Waals surface area contributed by atoms with Gasteiger partial charge in [0.2, 0.25) is 0 Å². The second-order valence-electron chi connectivity index (χ2n) is 5.10. The Kier molecular flexibility index (Phi) is 5.40. The summed E-state index contributed by atoms with van der Waals surface area (Å²) in [7, 11) is 0. The quantitative estimate of drug-likeness (QED) is 0.863. The van der Waals surface area contributed by atoms with Crippen LogP contribution in [0.25, 0.3) is 0 Å². The molecule has 0 aromatic carbocycles. The van der Waals surface area contributed by atoms with Gasteiger partial charge in [-0.25, -0.2) is 9.97 Å². The summed E-state index contributed by atoms with van der Waals surface area (Å²) in [6, 6.07) is 0.157. The number of hydrogen-bond acceptors (Lipinski definition) is 4. The second kappa shape index (κ2) is 7.06. The van der Waals surface area contributed by atoms with Crippen LogP contribution >= 0.6 is 11.6 Å². The number of aliphatic hydroxyl groups excluding tert-OH is 1. The molecule has 5 heteroatoms. The van der Waals surface area contributed by atoms with Crippen LogP contribution in [0.15, 0.2) is 6.33 Å². The number of nitrogens with zero attached hydrogens (tertiary/aromatic N) is 3. The van der Waals surface area contributed by atoms with E-state index in [1.807, 2.05) is 0 Å². The summed E-state index contributed by atoms with van der Waals surface area (Å²) in [4.78, 5) is 10.8.